The molecule has 1 aromatic heterocycles. The molecule has 0 amide bonds. The molecule has 96 valence electrons. The van der Waals surface area contributed by atoms with Crippen molar-refractivity contribution >= 4 is 28.5 Å². The number of carbonyl (C=O) groups is 1. The minimum atomic E-state index is -4.48. The van der Waals surface area contributed by atoms with Gasteiger partial charge in [0.05, 0.1) is 16.3 Å². The summed E-state index contributed by atoms with van der Waals surface area (Å²) in [5.74, 6) is 5.35. The van der Waals surface area contributed by atoms with Gasteiger partial charge in [0.15, 0.2) is 5.12 Å². The molecule has 0 N–H and O–H groups in total. The van der Waals surface area contributed by atoms with Crippen LogP contribution < -0.4 is 0 Å². The first kappa shape index (κ1) is 14.9. The molecular formula is C11H7ClF3NOS. The number of alkyl halides is 3. The molecule has 0 aliphatic carbocycles. The third-order valence-electron chi connectivity index (χ3n) is 1.72. The number of halogens is 4. The zero-order valence-corrected chi connectivity index (χ0v) is 10.7. The Morgan fingerprint density at radius 2 is 2.22 bits per heavy atom. The monoisotopic (exact) mass is 293 g/mol. The van der Waals surface area contributed by atoms with E-state index >= 15 is 0 Å². The average Bonchev–Trinajstić information content (AvgIpc) is 2.24. The molecule has 0 fully saturated rings. The summed E-state index contributed by atoms with van der Waals surface area (Å²) in [5.41, 5.74) is -0.857. The predicted octanol–water partition coefficient (Wildman–Crippen LogP) is 3.39. The number of carbonyl (C=O) groups excluding carboxylic acids is 1. The lowest BCUT2D eigenvalue weighted by molar-refractivity contribution is -0.137. The summed E-state index contributed by atoms with van der Waals surface area (Å²) in [5, 5.41) is -0.249. The largest absolute Gasteiger partial charge is 0.417 e. The minimum Gasteiger partial charge on any atom is -0.288 e. The minimum absolute atomic E-state index is 0.0637. The van der Waals surface area contributed by atoms with Crippen LogP contribution in [0.25, 0.3) is 0 Å². The van der Waals surface area contributed by atoms with Gasteiger partial charge in [-0.2, -0.15) is 13.2 Å². The standard InChI is InChI=1S/C11H7ClF3NOS/c1-7(17)18-4-2-3-10-9(12)5-8(6-16-10)11(13,14)15/h5-6H,4H2,1H3. The lowest BCUT2D eigenvalue weighted by Gasteiger charge is -2.06. The summed E-state index contributed by atoms with van der Waals surface area (Å²) < 4.78 is 37.0. The van der Waals surface area contributed by atoms with E-state index in [9.17, 15) is 18.0 Å². The van der Waals surface area contributed by atoms with Crippen molar-refractivity contribution in [1.29, 1.82) is 0 Å². The van der Waals surface area contributed by atoms with Crippen molar-refractivity contribution in [2.24, 2.45) is 0 Å². The number of rotatable bonds is 1. The van der Waals surface area contributed by atoms with Gasteiger partial charge >= 0.3 is 6.18 Å². The summed E-state index contributed by atoms with van der Waals surface area (Å²) in [4.78, 5) is 14.1. The number of nitrogens with zero attached hydrogens (tertiary/aromatic N) is 1. The molecule has 0 atom stereocenters. The van der Waals surface area contributed by atoms with Gasteiger partial charge in [-0.05, 0) is 12.0 Å². The van der Waals surface area contributed by atoms with Gasteiger partial charge in [-0.15, -0.1) is 0 Å². The number of aromatic nitrogens is 1. The van der Waals surface area contributed by atoms with Crippen molar-refractivity contribution in [3.8, 4) is 11.8 Å². The Labute approximate surface area is 111 Å². The van der Waals surface area contributed by atoms with Crippen LogP contribution in [-0.4, -0.2) is 15.9 Å². The highest BCUT2D eigenvalue weighted by Crippen LogP contribution is 2.30. The van der Waals surface area contributed by atoms with Crippen molar-refractivity contribution in [2.45, 2.75) is 13.1 Å². The highest BCUT2D eigenvalue weighted by molar-refractivity contribution is 8.13. The third kappa shape index (κ3) is 4.59. The van der Waals surface area contributed by atoms with Crippen molar-refractivity contribution < 1.29 is 18.0 Å². The van der Waals surface area contributed by atoms with E-state index in [2.05, 4.69) is 16.8 Å². The van der Waals surface area contributed by atoms with Crippen LogP contribution in [0.15, 0.2) is 12.3 Å². The zero-order valence-electron chi connectivity index (χ0n) is 9.14. The fraction of sp³-hybridized carbons (Fsp3) is 0.273. The molecule has 0 radical (unpaired) electrons. The molecule has 0 spiro atoms. The summed E-state index contributed by atoms with van der Waals surface area (Å²) in [6.45, 7) is 1.40. The highest BCUT2D eigenvalue weighted by atomic mass is 35.5. The van der Waals surface area contributed by atoms with Crippen LogP contribution in [0.5, 0.6) is 0 Å². The summed E-state index contributed by atoms with van der Waals surface area (Å²) in [6.07, 6.45) is -3.80. The highest BCUT2D eigenvalue weighted by Gasteiger charge is 2.31. The normalized spacial score (nSPS) is 10.7. The van der Waals surface area contributed by atoms with Gasteiger partial charge in [0.25, 0.3) is 0 Å². The molecule has 1 heterocycles. The third-order valence-corrected chi connectivity index (χ3v) is 2.71. The molecule has 1 aromatic rings. The van der Waals surface area contributed by atoms with E-state index in [-0.39, 0.29) is 21.6 Å². The Bertz CT molecular complexity index is 519. The van der Waals surface area contributed by atoms with Crippen molar-refractivity contribution in [1.82, 2.24) is 4.98 Å². The van der Waals surface area contributed by atoms with E-state index in [1.807, 2.05) is 0 Å². The fourth-order valence-electron chi connectivity index (χ4n) is 0.942. The molecule has 0 saturated heterocycles. The topological polar surface area (TPSA) is 30.0 Å². The fourth-order valence-corrected chi connectivity index (χ4v) is 1.50. The molecule has 0 saturated carbocycles. The smallest absolute Gasteiger partial charge is 0.288 e. The quantitative estimate of drug-likeness (QED) is 0.744. The van der Waals surface area contributed by atoms with Gasteiger partial charge in [-0.1, -0.05) is 29.3 Å². The average molecular weight is 294 g/mol. The molecule has 18 heavy (non-hydrogen) atoms. The Hall–Kier alpha value is -1.19. The maximum atomic E-state index is 12.3. The first-order chi connectivity index (χ1) is 8.30. The lowest BCUT2D eigenvalue weighted by atomic mass is 10.2. The number of hydrogen-bond donors (Lipinski definition) is 0. The summed E-state index contributed by atoms with van der Waals surface area (Å²) in [7, 11) is 0. The van der Waals surface area contributed by atoms with Gasteiger partial charge in [0, 0.05) is 13.1 Å². The first-order valence-electron chi connectivity index (χ1n) is 4.65. The van der Waals surface area contributed by atoms with Gasteiger partial charge in [0.1, 0.15) is 5.69 Å². The van der Waals surface area contributed by atoms with Crippen molar-refractivity contribution in [2.75, 3.05) is 5.75 Å². The van der Waals surface area contributed by atoms with Gasteiger partial charge < -0.3 is 0 Å². The summed E-state index contributed by atoms with van der Waals surface area (Å²) >= 11 is 6.64. The van der Waals surface area contributed by atoms with E-state index in [0.29, 0.717) is 6.20 Å². The van der Waals surface area contributed by atoms with Gasteiger partial charge in [-0.25, -0.2) is 4.98 Å². The van der Waals surface area contributed by atoms with Crippen LogP contribution >= 0.6 is 23.4 Å². The van der Waals surface area contributed by atoms with Crippen molar-refractivity contribution in [3.05, 3.63) is 28.5 Å². The molecule has 1 rings (SSSR count). The molecule has 0 bridgehead atoms. The lowest BCUT2D eigenvalue weighted by Crippen LogP contribution is -2.06. The first-order valence-corrected chi connectivity index (χ1v) is 6.02. The Balaban J connectivity index is 2.83. The van der Waals surface area contributed by atoms with E-state index in [4.69, 9.17) is 11.6 Å². The second kappa shape index (κ2) is 6.12. The number of thioether (sulfide) groups is 1. The molecule has 0 aliphatic heterocycles. The zero-order chi connectivity index (χ0) is 13.8. The van der Waals surface area contributed by atoms with Crippen molar-refractivity contribution in [3.63, 3.8) is 0 Å². The molecular weight excluding hydrogens is 287 g/mol. The molecule has 2 nitrogen and oxygen atoms in total. The SMILES string of the molecule is CC(=O)SCC#Cc1ncc(C(F)(F)F)cc1Cl. The molecule has 0 aliphatic rings. The number of pyridine rings is 1. The maximum absolute atomic E-state index is 12.3. The van der Waals surface area contributed by atoms with E-state index in [1.54, 1.807) is 0 Å². The van der Waals surface area contributed by atoms with Crippen LogP contribution in [0.4, 0.5) is 13.2 Å². The van der Waals surface area contributed by atoms with Gasteiger partial charge in [0.2, 0.25) is 0 Å². The molecule has 7 heteroatoms. The summed E-state index contributed by atoms with van der Waals surface area (Å²) in [6, 6.07) is 0.774. The Morgan fingerprint density at radius 3 is 2.72 bits per heavy atom. The van der Waals surface area contributed by atoms with E-state index in [0.717, 1.165) is 17.8 Å². The molecule has 0 aromatic carbocycles. The van der Waals surface area contributed by atoms with E-state index < -0.39 is 11.7 Å². The van der Waals surface area contributed by atoms with Crippen LogP contribution in [0.3, 0.4) is 0 Å². The van der Waals surface area contributed by atoms with Crippen LogP contribution in [0, 0.1) is 11.8 Å². The molecule has 0 unspecified atom stereocenters. The van der Waals surface area contributed by atoms with E-state index in [1.165, 1.54) is 6.92 Å². The second-order valence-electron chi connectivity index (χ2n) is 3.13. The Morgan fingerprint density at radius 1 is 1.56 bits per heavy atom. The number of hydrogen-bond acceptors (Lipinski definition) is 3. The Kier molecular flexibility index (Phi) is 5.05. The van der Waals surface area contributed by atoms with Gasteiger partial charge in [-0.3, -0.25) is 4.79 Å². The van der Waals surface area contributed by atoms with Crippen LogP contribution in [0.2, 0.25) is 5.02 Å². The predicted molar refractivity (Wildman–Crippen MR) is 64.3 cm³/mol. The van der Waals surface area contributed by atoms with Crippen LogP contribution in [-0.2, 0) is 11.0 Å². The maximum Gasteiger partial charge on any atom is 0.417 e. The van der Waals surface area contributed by atoms with Crippen LogP contribution in [0.1, 0.15) is 18.2 Å². The second-order valence-corrected chi connectivity index (χ2v) is 4.69.